The molecule has 0 aliphatic carbocycles. The third-order valence-corrected chi connectivity index (χ3v) is 2.73. The van der Waals surface area contributed by atoms with Crippen LogP contribution in [0, 0.1) is 0 Å². The lowest BCUT2D eigenvalue weighted by atomic mass is 10.1. The summed E-state index contributed by atoms with van der Waals surface area (Å²) in [4.78, 5) is 11.3. The minimum atomic E-state index is -0.478. The Balaban J connectivity index is 2.35. The zero-order valence-electron chi connectivity index (χ0n) is 11.4. The van der Waals surface area contributed by atoms with Crippen LogP contribution in [-0.2, 0) is 4.74 Å². The molecule has 0 atom stereocenters. The van der Waals surface area contributed by atoms with Gasteiger partial charge in [-0.25, -0.2) is 0 Å². The summed E-state index contributed by atoms with van der Waals surface area (Å²) in [6, 6.07) is 5.10. The van der Waals surface area contributed by atoms with Crippen molar-refractivity contribution in [1.29, 1.82) is 0 Å². The molecule has 0 saturated carbocycles. The predicted octanol–water partition coefficient (Wildman–Crippen LogP) is 1.99. The van der Waals surface area contributed by atoms with Crippen LogP contribution in [0.1, 0.15) is 36.5 Å². The van der Waals surface area contributed by atoms with Crippen LogP contribution in [0.25, 0.3) is 0 Å². The molecular formula is C14H23N3O2. The first kappa shape index (κ1) is 15.3. The molecule has 0 aliphatic heterocycles. The second-order valence-electron chi connectivity index (χ2n) is 4.42. The zero-order chi connectivity index (χ0) is 14.1. The van der Waals surface area contributed by atoms with E-state index in [9.17, 15) is 4.79 Å². The number of hydrogen-bond donors (Lipinski definition) is 3. The van der Waals surface area contributed by atoms with Crippen LogP contribution in [0.3, 0.4) is 0 Å². The average Bonchev–Trinajstić information content (AvgIpc) is 2.39. The number of nitrogens with two attached hydrogens (primary N) is 2. The van der Waals surface area contributed by atoms with Crippen molar-refractivity contribution < 1.29 is 9.53 Å². The Hall–Kier alpha value is -1.75. The number of nitrogens with one attached hydrogen (secondary N) is 1. The molecule has 5 heteroatoms. The van der Waals surface area contributed by atoms with Crippen molar-refractivity contribution >= 4 is 17.3 Å². The van der Waals surface area contributed by atoms with Crippen LogP contribution in [0.2, 0.25) is 0 Å². The van der Waals surface area contributed by atoms with Crippen molar-refractivity contribution in [3.05, 3.63) is 23.8 Å². The number of hydrogen-bond acceptors (Lipinski definition) is 4. The van der Waals surface area contributed by atoms with Crippen LogP contribution >= 0.6 is 0 Å². The minimum absolute atomic E-state index is 0.423. The van der Waals surface area contributed by atoms with E-state index in [0.29, 0.717) is 17.9 Å². The molecule has 0 spiro atoms. The maximum absolute atomic E-state index is 11.3. The van der Waals surface area contributed by atoms with E-state index in [-0.39, 0.29) is 0 Å². The highest BCUT2D eigenvalue weighted by Crippen LogP contribution is 2.18. The molecule has 0 unspecified atom stereocenters. The van der Waals surface area contributed by atoms with Crippen molar-refractivity contribution in [1.82, 2.24) is 0 Å². The van der Waals surface area contributed by atoms with Crippen LogP contribution in [-0.4, -0.2) is 25.7 Å². The third-order valence-electron chi connectivity index (χ3n) is 2.73. The van der Waals surface area contributed by atoms with Crippen LogP contribution < -0.4 is 16.8 Å². The van der Waals surface area contributed by atoms with Crippen LogP contribution in [0.4, 0.5) is 11.4 Å². The Bertz CT molecular complexity index is 408. The largest absolute Gasteiger partial charge is 0.399 e. The van der Waals surface area contributed by atoms with Crippen LogP contribution in [0.15, 0.2) is 18.2 Å². The molecule has 5 nitrogen and oxygen atoms in total. The highest BCUT2D eigenvalue weighted by molar-refractivity contribution is 5.99. The number of nitrogen functional groups attached to an aromatic ring is 1. The molecular weight excluding hydrogens is 242 g/mol. The molecule has 106 valence electrons. The number of unbranched alkanes of at least 4 members (excludes halogenated alkanes) is 1. The topological polar surface area (TPSA) is 90.4 Å². The molecule has 5 N–H and O–H groups in total. The van der Waals surface area contributed by atoms with Crippen molar-refractivity contribution in [2.45, 2.75) is 26.2 Å². The summed E-state index contributed by atoms with van der Waals surface area (Å²) in [5.74, 6) is -0.478. The van der Waals surface area contributed by atoms with E-state index >= 15 is 0 Å². The standard InChI is InChI=1S/C14H23N3O2/c1-2-3-8-19-9-4-7-17-13-6-5-11(15)10-12(13)14(16)18/h5-6,10,17H,2-4,7-9,15H2,1H3,(H2,16,18). The number of amides is 1. The van der Waals surface area contributed by atoms with Crippen molar-refractivity contribution in [3.63, 3.8) is 0 Å². The lowest BCUT2D eigenvalue weighted by molar-refractivity contribution is 0.100. The van der Waals surface area contributed by atoms with Gasteiger partial charge in [0.05, 0.1) is 5.56 Å². The molecule has 1 aromatic rings. The first-order valence-corrected chi connectivity index (χ1v) is 6.66. The van der Waals surface area contributed by atoms with E-state index in [0.717, 1.165) is 38.1 Å². The molecule has 1 amide bonds. The number of anilines is 2. The third kappa shape index (κ3) is 5.61. The van der Waals surface area contributed by atoms with Crippen molar-refractivity contribution in [3.8, 4) is 0 Å². The van der Waals surface area contributed by atoms with E-state index in [1.165, 1.54) is 0 Å². The number of rotatable bonds is 9. The number of benzene rings is 1. The lowest BCUT2D eigenvalue weighted by Gasteiger charge is -2.11. The van der Waals surface area contributed by atoms with E-state index in [4.69, 9.17) is 16.2 Å². The maximum atomic E-state index is 11.3. The van der Waals surface area contributed by atoms with Gasteiger partial charge in [0.1, 0.15) is 0 Å². The number of carbonyl (C=O) groups excluding carboxylic acids is 1. The predicted molar refractivity (Wildman–Crippen MR) is 78.2 cm³/mol. The Morgan fingerprint density at radius 2 is 2.05 bits per heavy atom. The van der Waals surface area contributed by atoms with E-state index in [1.54, 1.807) is 18.2 Å². The molecule has 1 rings (SSSR count). The zero-order valence-corrected chi connectivity index (χ0v) is 11.4. The SMILES string of the molecule is CCCCOCCCNc1ccc(N)cc1C(N)=O. The normalized spacial score (nSPS) is 10.4. The summed E-state index contributed by atoms with van der Waals surface area (Å²) >= 11 is 0. The first-order valence-electron chi connectivity index (χ1n) is 6.66. The Morgan fingerprint density at radius 1 is 1.32 bits per heavy atom. The van der Waals surface area contributed by atoms with Crippen molar-refractivity contribution in [2.75, 3.05) is 30.8 Å². The van der Waals surface area contributed by atoms with Gasteiger partial charge in [-0.15, -0.1) is 0 Å². The number of carbonyl (C=O) groups is 1. The van der Waals surface area contributed by atoms with Gasteiger partial charge in [-0.05, 0) is 31.0 Å². The number of primary amides is 1. The monoisotopic (exact) mass is 265 g/mol. The highest BCUT2D eigenvalue weighted by atomic mass is 16.5. The van der Waals surface area contributed by atoms with Gasteiger partial charge >= 0.3 is 0 Å². The quantitative estimate of drug-likeness (QED) is 0.470. The van der Waals surface area contributed by atoms with Crippen molar-refractivity contribution in [2.24, 2.45) is 5.73 Å². The molecule has 0 fully saturated rings. The van der Waals surface area contributed by atoms with E-state index in [1.807, 2.05) is 0 Å². The Labute approximate surface area is 114 Å². The molecule has 0 radical (unpaired) electrons. The highest BCUT2D eigenvalue weighted by Gasteiger charge is 2.07. The summed E-state index contributed by atoms with van der Waals surface area (Å²) < 4.78 is 5.46. The number of ether oxygens (including phenoxy) is 1. The summed E-state index contributed by atoms with van der Waals surface area (Å²) in [7, 11) is 0. The molecule has 0 aliphatic rings. The smallest absolute Gasteiger partial charge is 0.250 e. The first-order chi connectivity index (χ1) is 9.15. The molecule has 19 heavy (non-hydrogen) atoms. The summed E-state index contributed by atoms with van der Waals surface area (Å²) in [6.07, 6.45) is 3.12. The molecule has 0 heterocycles. The molecule has 0 bridgehead atoms. The minimum Gasteiger partial charge on any atom is -0.399 e. The van der Waals surface area contributed by atoms with Gasteiger partial charge in [0.25, 0.3) is 5.91 Å². The summed E-state index contributed by atoms with van der Waals surface area (Å²) in [5.41, 5.74) is 12.6. The van der Waals surface area contributed by atoms with Gasteiger partial charge in [0, 0.05) is 31.1 Å². The lowest BCUT2D eigenvalue weighted by Crippen LogP contribution is -2.16. The van der Waals surface area contributed by atoms with Crippen LogP contribution in [0.5, 0.6) is 0 Å². The maximum Gasteiger partial charge on any atom is 0.250 e. The second-order valence-corrected chi connectivity index (χ2v) is 4.42. The Morgan fingerprint density at radius 3 is 2.74 bits per heavy atom. The van der Waals surface area contributed by atoms with Gasteiger partial charge in [-0.1, -0.05) is 13.3 Å². The summed E-state index contributed by atoms with van der Waals surface area (Å²) in [5, 5.41) is 3.18. The fourth-order valence-corrected chi connectivity index (χ4v) is 1.67. The molecule has 0 saturated heterocycles. The van der Waals surface area contributed by atoms with Gasteiger partial charge in [-0.3, -0.25) is 4.79 Å². The van der Waals surface area contributed by atoms with Gasteiger partial charge in [0.15, 0.2) is 0 Å². The van der Waals surface area contributed by atoms with Gasteiger partial charge in [0.2, 0.25) is 0 Å². The fraction of sp³-hybridized carbons (Fsp3) is 0.500. The molecule has 0 aromatic heterocycles. The Kier molecular flexibility index (Phi) is 6.74. The van der Waals surface area contributed by atoms with E-state index in [2.05, 4.69) is 12.2 Å². The van der Waals surface area contributed by atoms with E-state index < -0.39 is 5.91 Å². The second kappa shape index (κ2) is 8.37. The fourth-order valence-electron chi connectivity index (χ4n) is 1.67. The molecule has 1 aromatic carbocycles. The summed E-state index contributed by atoms with van der Waals surface area (Å²) in [6.45, 7) is 4.40. The van der Waals surface area contributed by atoms with Gasteiger partial charge < -0.3 is 21.5 Å². The van der Waals surface area contributed by atoms with Gasteiger partial charge in [-0.2, -0.15) is 0 Å². The average molecular weight is 265 g/mol.